The van der Waals surface area contributed by atoms with Crippen molar-refractivity contribution < 1.29 is 41.0 Å². The Bertz CT molecular complexity index is 1800. The lowest BCUT2D eigenvalue weighted by molar-refractivity contribution is -0.137. The molecule has 2 amide bonds. The Morgan fingerprint density at radius 2 is 1.89 bits per heavy atom. The summed E-state index contributed by atoms with van der Waals surface area (Å²) in [5.41, 5.74) is 5.71. The molecule has 3 N–H and O–H groups in total. The molecule has 45 heavy (non-hydrogen) atoms. The number of benzene rings is 2. The minimum Gasteiger partial charge on any atom is -0.494 e. The number of pyridine rings is 1. The van der Waals surface area contributed by atoms with Gasteiger partial charge in [-0.3, -0.25) is 9.59 Å². The lowest BCUT2D eigenvalue weighted by Crippen LogP contribution is -2.40. The molecule has 1 aliphatic carbocycles. The summed E-state index contributed by atoms with van der Waals surface area (Å²) in [5, 5.41) is 7.03. The number of halogens is 5. The van der Waals surface area contributed by atoms with Crippen LogP contribution < -0.4 is 20.5 Å². The van der Waals surface area contributed by atoms with E-state index >= 15 is 0 Å². The fourth-order valence-corrected chi connectivity index (χ4v) is 5.63. The minimum atomic E-state index is -4.52. The number of carbonyl (C=O) groups is 2. The predicted octanol–water partition coefficient (Wildman–Crippen LogP) is 5.58. The summed E-state index contributed by atoms with van der Waals surface area (Å²) in [4.78, 5) is 30.7. The second kappa shape index (κ2) is 11.0. The topological polar surface area (TPSA) is 121 Å². The van der Waals surface area contributed by atoms with Gasteiger partial charge in [-0.05, 0) is 56.0 Å². The van der Waals surface area contributed by atoms with Gasteiger partial charge in [0, 0.05) is 46.4 Å². The van der Waals surface area contributed by atoms with Crippen LogP contribution in [0, 0.1) is 5.92 Å². The molecule has 2 aromatic heterocycles. The van der Waals surface area contributed by atoms with E-state index in [1.54, 1.807) is 13.0 Å². The van der Waals surface area contributed by atoms with E-state index in [-0.39, 0.29) is 53.3 Å². The number of rotatable bonds is 9. The number of primary amides is 1. The molecule has 3 heterocycles. The molecule has 4 aromatic rings. The van der Waals surface area contributed by atoms with Crippen molar-refractivity contribution in [3.8, 4) is 22.8 Å². The molecule has 2 atom stereocenters. The highest BCUT2D eigenvalue weighted by Crippen LogP contribution is 2.48. The maximum atomic E-state index is 13.3. The van der Waals surface area contributed by atoms with Gasteiger partial charge in [0.1, 0.15) is 34.7 Å². The summed E-state index contributed by atoms with van der Waals surface area (Å²) in [7, 11) is 1.35. The first-order chi connectivity index (χ1) is 21.3. The minimum absolute atomic E-state index is 0.0618. The molecule has 236 valence electrons. The van der Waals surface area contributed by atoms with Gasteiger partial charge >= 0.3 is 12.7 Å². The maximum Gasteiger partial charge on any atom is 0.416 e. The Hall–Kier alpha value is -4.75. The average molecular weight is 630 g/mol. The Kier molecular flexibility index (Phi) is 7.40. The van der Waals surface area contributed by atoms with E-state index < -0.39 is 35.5 Å². The summed E-state index contributed by atoms with van der Waals surface area (Å²) in [6.45, 7) is -1.16. The van der Waals surface area contributed by atoms with Crippen LogP contribution in [0.2, 0.25) is 0 Å². The number of nitrogens with zero attached hydrogens (tertiary/aromatic N) is 3. The number of alkyl halides is 5. The molecule has 2 aliphatic rings. The fraction of sp³-hybridized carbons (Fsp3) is 0.355. The molecular weight excluding hydrogens is 601 g/mol. The average Bonchev–Trinajstić information content (AvgIpc) is 3.64. The molecule has 0 saturated heterocycles. The maximum absolute atomic E-state index is 13.3. The van der Waals surface area contributed by atoms with E-state index in [1.807, 2.05) is 0 Å². The van der Waals surface area contributed by atoms with E-state index in [2.05, 4.69) is 10.4 Å². The van der Waals surface area contributed by atoms with Crippen LogP contribution in [0.5, 0.6) is 11.5 Å². The van der Waals surface area contributed by atoms with E-state index in [0.717, 1.165) is 31.2 Å². The molecule has 1 saturated carbocycles. The Balaban J connectivity index is 1.35. The van der Waals surface area contributed by atoms with Gasteiger partial charge in [-0.15, -0.1) is 0 Å². The first-order valence-corrected chi connectivity index (χ1v) is 14.1. The van der Waals surface area contributed by atoms with Crippen LogP contribution in [-0.2, 0) is 16.4 Å². The third-order valence-electron chi connectivity index (χ3n) is 8.45. The van der Waals surface area contributed by atoms with Gasteiger partial charge in [0.25, 0.3) is 5.91 Å². The highest BCUT2D eigenvalue weighted by atomic mass is 19.4. The largest absolute Gasteiger partial charge is 0.494 e. The normalized spacial score (nSPS) is 18.5. The van der Waals surface area contributed by atoms with Crippen molar-refractivity contribution in [3.63, 3.8) is 0 Å². The van der Waals surface area contributed by atoms with Crippen molar-refractivity contribution in [2.45, 2.75) is 43.8 Å². The summed E-state index contributed by atoms with van der Waals surface area (Å²) in [5.74, 6) is -0.879. The lowest BCUT2D eigenvalue weighted by atomic mass is 9.82. The first kappa shape index (κ1) is 30.3. The van der Waals surface area contributed by atoms with Gasteiger partial charge in [-0.1, -0.05) is 12.1 Å². The Morgan fingerprint density at radius 1 is 1.18 bits per heavy atom. The zero-order valence-corrected chi connectivity index (χ0v) is 24.1. The van der Waals surface area contributed by atoms with E-state index in [4.69, 9.17) is 20.2 Å². The van der Waals surface area contributed by atoms with Crippen LogP contribution in [-0.4, -0.2) is 46.8 Å². The number of fused-ring (bicyclic) bond motifs is 2. The van der Waals surface area contributed by atoms with Crippen molar-refractivity contribution in [2.75, 3.05) is 20.3 Å². The SMILES string of the molecule is COc1cc(C(=O)NC[C@H](c2cc3c(c(-c4ccc(C(F)(F)F)cc4)n2)OC[C@]3(C)C(N)=O)C2CC2)cc2cn(C(F)F)nc12. The van der Waals surface area contributed by atoms with E-state index in [0.29, 0.717) is 26.9 Å². The third-order valence-corrected chi connectivity index (χ3v) is 8.45. The molecule has 2 aromatic carbocycles. The van der Waals surface area contributed by atoms with Crippen LogP contribution in [0.3, 0.4) is 0 Å². The van der Waals surface area contributed by atoms with Gasteiger partial charge in [0.15, 0.2) is 0 Å². The highest BCUT2D eigenvalue weighted by Gasteiger charge is 2.45. The van der Waals surface area contributed by atoms with Gasteiger partial charge in [-0.2, -0.15) is 27.1 Å². The molecule has 0 spiro atoms. The summed E-state index contributed by atoms with van der Waals surface area (Å²) >= 11 is 0. The standard InChI is InChI=1S/C31H28F5N5O4/c1-30(28(37)43)14-45-26-21(30)11-22(39-25(26)16-5-7-19(8-6-16)31(34,35)36)20(15-3-4-15)12-38-27(42)17-9-18-13-41(29(32)33)40-24(18)23(10-17)44-2/h5-11,13,15,20,29H,3-4,12,14H2,1-2H3,(H2,37,43)(H,38,42)/t20-,30-/m0/s1. The molecular formula is C31H28F5N5O4. The fourth-order valence-electron chi connectivity index (χ4n) is 5.63. The number of hydrogen-bond acceptors (Lipinski definition) is 6. The molecule has 6 rings (SSSR count). The predicted molar refractivity (Wildman–Crippen MR) is 152 cm³/mol. The number of nitrogens with two attached hydrogens (primary N) is 1. The zero-order chi connectivity index (χ0) is 32.3. The molecule has 9 nitrogen and oxygen atoms in total. The summed E-state index contributed by atoms with van der Waals surface area (Å²) in [6.07, 6.45) is -1.69. The number of carbonyl (C=O) groups excluding carboxylic acids is 2. The number of aromatic nitrogens is 3. The lowest BCUT2D eigenvalue weighted by Gasteiger charge is -2.22. The van der Waals surface area contributed by atoms with Crippen LogP contribution in [0.1, 0.15) is 59.4 Å². The molecule has 0 unspecified atom stereocenters. The second-order valence-electron chi connectivity index (χ2n) is 11.5. The number of methoxy groups -OCH3 is 1. The highest BCUT2D eigenvalue weighted by molar-refractivity contribution is 6.00. The van der Waals surface area contributed by atoms with Crippen LogP contribution in [0.15, 0.2) is 48.7 Å². The van der Waals surface area contributed by atoms with E-state index in [1.165, 1.54) is 31.4 Å². The van der Waals surface area contributed by atoms with E-state index in [9.17, 15) is 31.5 Å². The van der Waals surface area contributed by atoms with Gasteiger partial charge < -0.3 is 20.5 Å². The monoisotopic (exact) mass is 629 g/mol. The summed E-state index contributed by atoms with van der Waals surface area (Å²) in [6, 6.07) is 9.08. The van der Waals surface area contributed by atoms with Crippen molar-refractivity contribution in [3.05, 3.63) is 71.0 Å². The molecule has 0 radical (unpaired) electrons. The number of nitrogens with one attached hydrogen (secondary N) is 1. The second-order valence-corrected chi connectivity index (χ2v) is 11.5. The van der Waals surface area contributed by atoms with Gasteiger partial charge in [0.2, 0.25) is 5.91 Å². The first-order valence-electron chi connectivity index (χ1n) is 14.1. The smallest absolute Gasteiger partial charge is 0.416 e. The number of hydrogen-bond donors (Lipinski definition) is 2. The molecule has 14 heteroatoms. The van der Waals surface area contributed by atoms with Gasteiger partial charge in [0.05, 0.1) is 12.7 Å². The zero-order valence-electron chi connectivity index (χ0n) is 24.1. The van der Waals surface area contributed by atoms with Crippen LogP contribution in [0.25, 0.3) is 22.2 Å². The third kappa shape index (κ3) is 5.53. The number of ether oxygens (including phenoxy) is 2. The van der Waals surface area contributed by atoms with Crippen molar-refractivity contribution in [1.29, 1.82) is 0 Å². The Labute approximate surface area is 253 Å². The van der Waals surface area contributed by atoms with Crippen molar-refractivity contribution in [2.24, 2.45) is 11.7 Å². The van der Waals surface area contributed by atoms with Crippen LogP contribution >= 0.6 is 0 Å². The quantitative estimate of drug-likeness (QED) is 0.233. The molecule has 0 bridgehead atoms. The molecule has 1 fully saturated rings. The van der Waals surface area contributed by atoms with Crippen molar-refractivity contribution in [1.82, 2.24) is 20.1 Å². The Morgan fingerprint density at radius 3 is 2.49 bits per heavy atom. The van der Waals surface area contributed by atoms with Gasteiger partial charge in [-0.25, -0.2) is 9.67 Å². The summed E-state index contributed by atoms with van der Waals surface area (Å²) < 4.78 is 77.9. The van der Waals surface area contributed by atoms with Crippen LogP contribution in [0.4, 0.5) is 22.0 Å². The molecule has 1 aliphatic heterocycles. The van der Waals surface area contributed by atoms with Crippen molar-refractivity contribution >= 4 is 22.7 Å². The number of amides is 2.